The number of ketones is 1. The zero-order valence-corrected chi connectivity index (χ0v) is 23.4. The van der Waals surface area contributed by atoms with Gasteiger partial charge in [0.2, 0.25) is 5.43 Å². The van der Waals surface area contributed by atoms with Crippen molar-refractivity contribution in [3.63, 3.8) is 0 Å². The molecule has 0 unspecified atom stereocenters. The van der Waals surface area contributed by atoms with Gasteiger partial charge in [-0.2, -0.15) is 0 Å². The van der Waals surface area contributed by atoms with E-state index < -0.39 is 40.8 Å². The van der Waals surface area contributed by atoms with Gasteiger partial charge in [-0.05, 0) is 44.4 Å². The highest BCUT2D eigenvalue weighted by Gasteiger charge is 2.33. The molecule has 6 rings (SSSR count). The van der Waals surface area contributed by atoms with Gasteiger partial charge in [-0.3, -0.25) is 9.69 Å². The molecular formula is C30H30F2N4O7. The lowest BCUT2D eigenvalue weighted by Crippen LogP contribution is -2.39. The Kier molecular flexibility index (Phi) is 7.49. The first-order valence-electron chi connectivity index (χ1n) is 14.3. The fraction of sp³-hybridized carbons (Fsp3) is 0.433. The van der Waals surface area contributed by atoms with Crippen LogP contribution in [0, 0.1) is 11.6 Å². The SMILES string of the molecule is CC(=O)CC[C@H]1CN(c2ccc(OC3CCN(c4nc5c(cc4F)c(=O)c(C(=O)O)cn5C4CC4)CC3)c(F)c2)C(=O)O1. The largest absolute Gasteiger partial charge is 0.487 e. The van der Waals surface area contributed by atoms with E-state index in [1.807, 2.05) is 0 Å². The summed E-state index contributed by atoms with van der Waals surface area (Å²) in [6, 6.07) is 5.32. The molecule has 2 aliphatic heterocycles. The quantitative estimate of drug-likeness (QED) is 0.381. The third-order valence-corrected chi connectivity index (χ3v) is 8.06. The Morgan fingerprint density at radius 3 is 2.49 bits per heavy atom. The highest BCUT2D eigenvalue weighted by molar-refractivity contribution is 5.92. The van der Waals surface area contributed by atoms with Gasteiger partial charge >= 0.3 is 12.1 Å². The number of hydrogen-bond acceptors (Lipinski definition) is 8. The molecule has 1 aromatic carbocycles. The number of carbonyl (C=O) groups is 3. The third-order valence-electron chi connectivity index (χ3n) is 8.06. The van der Waals surface area contributed by atoms with Gasteiger partial charge in [0.1, 0.15) is 29.2 Å². The van der Waals surface area contributed by atoms with E-state index >= 15 is 8.78 Å². The molecule has 1 saturated carbocycles. The number of nitrogens with zero attached hydrogens (tertiary/aromatic N) is 4. The van der Waals surface area contributed by atoms with Crippen LogP contribution >= 0.6 is 0 Å². The van der Waals surface area contributed by atoms with E-state index in [0.717, 1.165) is 18.9 Å². The minimum absolute atomic E-state index is 0.00201. The van der Waals surface area contributed by atoms with Crippen LogP contribution in [0.3, 0.4) is 0 Å². The summed E-state index contributed by atoms with van der Waals surface area (Å²) in [6.07, 6.45) is 3.13. The monoisotopic (exact) mass is 596 g/mol. The van der Waals surface area contributed by atoms with Crippen molar-refractivity contribution in [3.8, 4) is 5.75 Å². The van der Waals surface area contributed by atoms with E-state index in [-0.39, 0.29) is 47.1 Å². The summed E-state index contributed by atoms with van der Waals surface area (Å²) in [7, 11) is 0. The average Bonchev–Trinajstić information content (AvgIpc) is 3.75. The number of carbonyl (C=O) groups excluding carboxylic acids is 2. The van der Waals surface area contributed by atoms with Crippen LogP contribution in [-0.2, 0) is 9.53 Å². The van der Waals surface area contributed by atoms with Crippen LogP contribution in [0.5, 0.6) is 5.75 Å². The zero-order valence-electron chi connectivity index (χ0n) is 23.4. The third kappa shape index (κ3) is 5.75. The first kappa shape index (κ1) is 28.6. The van der Waals surface area contributed by atoms with Crippen LogP contribution in [0.2, 0.25) is 0 Å². The maximum absolute atomic E-state index is 15.2. The highest BCUT2D eigenvalue weighted by atomic mass is 19.1. The van der Waals surface area contributed by atoms with E-state index in [4.69, 9.17) is 9.47 Å². The molecule has 0 bridgehead atoms. The molecule has 3 aliphatic rings. The summed E-state index contributed by atoms with van der Waals surface area (Å²) in [5.41, 5.74) is -0.609. The van der Waals surface area contributed by atoms with Crippen molar-refractivity contribution in [2.45, 2.75) is 63.7 Å². The fourth-order valence-electron chi connectivity index (χ4n) is 5.61. The van der Waals surface area contributed by atoms with Crippen molar-refractivity contribution in [2.24, 2.45) is 0 Å². The number of anilines is 2. The van der Waals surface area contributed by atoms with Gasteiger partial charge in [-0.1, -0.05) is 0 Å². The van der Waals surface area contributed by atoms with Crippen molar-refractivity contribution >= 4 is 40.4 Å². The van der Waals surface area contributed by atoms with Gasteiger partial charge in [0, 0.05) is 50.7 Å². The van der Waals surface area contributed by atoms with Gasteiger partial charge in [-0.15, -0.1) is 0 Å². The normalized spacial score (nSPS) is 19.1. The van der Waals surface area contributed by atoms with E-state index in [9.17, 15) is 24.3 Å². The van der Waals surface area contributed by atoms with Gasteiger partial charge in [-0.25, -0.2) is 23.4 Å². The molecule has 2 saturated heterocycles. The Morgan fingerprint density at radius 1 is 1.09 bits per heavy atom. The first-order valence-corrected chi connectivity index (χ1v) is 14.3. The highest BCUT2D eigenvalue weighted by Crippen LogP contribution is 2.37. The van der Waals surface area contributed by atoms with Gasteiger partial charge in [0.25, 0.3) is 0 Å². The summed E-state index contributed by atoms with van der Waals surface area (Å²) >= 11 is 0. The number of rotatable bonds is 9. The molecule has 43 heavy (non-hydrogen) atoms. The number of pyridine rings is 2. The summed E-state index contributed by atoms with van der Waals surface area (Å²) in [5, 5.41) is 9.37. The standard InChI is InChI=1S/C30H30F2N4O7/c1-16(37)2-6-20-14-36(30(41)43-20)18-5-7-25(23(31)12-18)42-19-8-10-34(11-9-19)28-24(32)13-21-26(38)22(29(39)40)15-35(17-3-4-17)27(21)33-28/h5,7,12-13,15,17,19-20H,2-4,6,8-11,14H2,1H3,(H,39,40)/t20-/m0/s1. The van der Waals surface area contributed by atoms with Crippen LogP contribution in [0.1, 0.15) is 61.8 Å². The van der Waals surface area contributed by atoms with Crippen LogP contribution < -0.4 is 20.0 Å². The van der Waals surface area contributed by atoms with Crippen LogP contribution in [0.4, 0.5) is 25.1 Å². The molecule has 0 spiro atoms. The molecular weight excluding hydrogens is 566 g/mol. The second-order valence-electron chi connectivity index (χ2n) is 11.3. The molecule has 0 radical (unpaired) electrons. The summed E-state index contributed by atoms with van der Waals surface area (Å²) in [5.74, 6) is -2.63. The molecule has 3 aromatic rings. The van der Waals surface area contributed by atoms with Crippen molar-refractivity contribution in [2.75, 3.05) is 29.4 Å². The number of halogens is 2. The summed E-state index contributed by atoms with van der Waals surface area (Å²) < 4.78 is 43.1. The zero-order chi connectivity index (χ0) is 30.4. The predicted octanol–water partition coefficient (Wildman–Crippen LogP) is 4.45. The molecule has 3 fully saturated rings. The Bertz CT molecular complexity index is 1680. The van der Waals surface area contributed by atoms with E-state index in [1.165, 1.54) is 30.2 Å². The molecule has 1 aliphatic carbocycles. The second kappa shape index (κ2) is 11.3. The van der Waals surface area contributed by atoms with Crippen LogP contribution in [0.25, 0.3) is 11.0 Å². The Balaban J connectivity index is 1.12. The number of carboxylic acids is 1. The molecule has 1 N–H and O–H groups in total. The molecule has 226 valence electrons. The van der Waals surface area contributed by atoms with Crippen LogP contribution in [-0.4, -0.2) is 64.3 Å². The van der Waals surface area contributed by atoms with Crippen molar-refractivity contribution in [3.05, 3.63) is 57.9 Å². The van der Waals surface area contributed by atoms with E-state index in [1.54, 1.807) is 15.5 Å². The Hall–Kier alpha value is -4.55. The minimum atomic E-state index is -1.37. The maximum atomic E-state index is 15.2. The van der Waals surface area contributed by atoms with Crippen molar-refractivity contribution < 1.29 is 37.7 Å². The van der Waals surface area contributed by atoms with Crippen molar-refractivity contribution in [1.29, 1.82) is 0 Å². The van der Waals surface area contributed by atoms with Gasteiger partial charge < -0.3 is 28.8 Å². The van der Waals surface area contributed by atoms with Crippen molar-refractivity contribution in [1.82, 2.24) is 9.55 Å². The molecule has 4 heterocycles. The number of hydrogen-bond donors (Lipinski definition) is 1. The Morgan fingerprint density at radius 2 is 1.84 bits per heavy atom. The average molecular weight is 597 g/mol. The lowest BCUT2D eigenvalue weighted by molar-refractivity contribution is -0.117. The number of cyclic esters (lactones) is 1. The smallest absolute Gasteiger partial charge is 0.414 e. The number of carboxylic acid groups (broad SMARTS) is 1. The number of piperidine rings is 1. The fourth-order valence-corrected chi connectivity index (χ4v) is 5.61. The topological polar surface area (TPSA) is 131 Å². The molecule has 1 amide bonds. The molecule has 13 heteroatoms. The van der Waals surface area contributed by atoms with Gasteiger partial charge in [0.15, 0.2) is 23.2 Å². The second-order valence-corrected chi connectivity index (χ2v) is 11.3. The molecule has 11 nitrogen and oxygen atoms in total. The Labute approximate surface area is 244 Å². The molecule has 2 aromatic heterocycles. The number of amides is 1. The van der Waals surface area contributed by atoms with Gasteiger partial charge in [0.05, 0.1) is 17.6 Å². The number of ether oxygens (including phenoxy) is 2. The number of Topliss-reactive ketones (excluding diaryl/α,β-unsaturated/α-hetero) is 1. The lowest BCUT2D eigenvalue weighted by Gasteiger charge is -2.33. The van der Waals surface area contributed by atoms with E-state index in [2.05, 4.69) is 4.98 Å². The lowest BCUT2D eigenvalue weighted by atomic mass is 10.1. The minimum Gasteiger partial charge on any atom is -0.487 e. The van der Waals surface area contributed by atoms with E-state index in [0.29, 0.717) is 44.5 Å². The van der Waals surface area contributed by atoms with Crippen LogP contribution in [0.15, 0.2) is 35.3 Å². The number of aromatic carboxylic acids is 1. The molecule has 1 atom stereocenters. The number of benzene rings is 1. The predicted molar refractivity (Wildman–Crippen MR) is 151 cm³/mol. The number of fused-ring (bicyclic) bond motifs is 1. The first-order chi connectivity index (χ1) is 20.6. The maximum Gasteiger partial charge on any atom is 0.414 e. The number of aromatic nitrogens is 2. The summed E-state index contributed by atoms with van der Waals surface area (Å²) in [4.78, 5) is 55.4. The summed E-state index contributed by atoms with van der Waals surface area (Å²) in [6.45, 7) is 2.42.